The van der Waals surface area contributed by atoms with E-state index in [1.807, 2.05) is 13.8 Å². The van der Waals surface area contributed by atoms with Crippen molar-refractivity contribution >= 4 is 5.78 Å². The molecule has 0 aliphatic carbocycles. The highest BCUT2D eigenvalue weighted by Crippen LogP contribution is 2.19. The molecule has 0 heterocycles. The number of aliphatic hydroxyl groups excluding tert-OH is 1. The van der Waals surface area contributed by atoms with E-state index in [0.717, 1.165) is 24.8 Å². The molecule has 0 aliphatic rings. The van der Waals surface area contributed by atoms with E-state index in [1.54, 1.807) is 13.0 Å². The van der Waals surface area contributed by atoms with Crippen molar-refractivity contribution in [1.82, 2.24) is 0 Å². The van der Waals surface area contributed by atoms with Gasteiger partial charge in [-0.05, 0) is 38.3 Å². The Morgan fingerprint density at radius 1 is 1.53 bits per heavy atom. The average Bonchev–Trinajstić information content (AvgIpc) is 2.40. The summed E-state index contributed by atoms with van der Waals surface area (Å²) >= 11 is 0. The lowest BCUT2D eigenvalue weighted by molar-refractivity contribution is -0.120. The van der Waals surface area contributed by atoms with Gasteiger partial charge in [-0.25, -0.2) is 0 Å². The number of Topliss-reactive ketones (excluding diaryl/α,β-unsaturated/α-hetero) is 1. The molecule has 19 heavy (non-hydrogen) atoms. The third-order valence-corrected chi connectivity index (χ3v) is 3.07. The standard InChI is InChI=1S/C15H25NO3/c1-5-13(8-7-11(3)12(4)17)9-15(19-10-16)14(18)6-2/h6,9,11,18H,2,5,7-8,10,16H2,1,3-4H3/b13-9+,15-14-. The molecule has 0 fully saturated rings. The van der Waals surface area contributed by atoms with Gasteiger partial charge in [0.05, 0.1) is 0 Å². The zero-order valence-corrected chi connectivity index (χ0v) is 12.1. The van der Waals surface area contributed by atoms with Crippen molar-refractivity contribution in [3.8, 4) is 0 Å². The van der Waals surface area contributed by atoms with Crippen LogP contribution in [0.15, 0.2) is 35.8 Å². The monoisotopic (exact) mass is 267 g/mol. The maximum Gasteiger partial charge on any atom is 0.162 e. The summed E-state index contributed by atoms with van der Waals surface area (Å²) in [7, 11) is 0. The normalized spacial score (nSPS) is 14.6. The number of nitrogens with two attached hydrogens (primary N) is 1. The maximum absolute atomic E-state index is 11.2. The van der Waals surface area contributed by atoms with Crippen LogP contribution in [0.4, 0.5) is 0 Å². The first kappa shape index (κ1) is 17.4. The van der Waals surface area contributed by atoms with E-state index in [0.29, 0.717) is 5.76 Å². The smallest absolute Gasteiger partial charge is 0.162 e. The van der Waals surface area contributed by atoms with Crippen molar-refractivity contribution in [2.24, 2.45) is 11.7 Å². The molecule has 1 atom stereocenters. The first-order chi connectivity index (χ1) is 8.96. The van der Waals surface area contributed by atoms with Crippen LogP contribution in [0.25, 0.3) is 0 Å². The molecule has 0 saturated carbocycles. The van der Waals surface area contributed by atoms with Gasteiger partial charge in [-0.2, -0.15) is 0 Å². The van der Waals surface area contributed by atoms with E-state index in [9.17, 15) is 9.90 Å². The molecule has 0 bridgehead atoms. The Kier molecular flexibility index (Phi) is 8.62. The summed E-state index contributed by atoms with van der Waals surface area (Å²) in [4.78, 5) is 11.2. The van der Waals surface area contributed by atoms with E-state index < -0.39 is 0 Å². The summed E-state index contributed by atoms with van der Waals surface area (Å²) in [5.41, 5.74) is 6.43. The zero-order valence-electron chi connectivity index (χ0n) is 12.1. The minimum absolute atomic E-state index is 0.00935. The topological polar surface area (TPSA) is 72.5 Å². The van der Waals surface area contributed by atoms with Crippen LogP contribution in [0.1, 0.15) is 40.0 Å². The Bertz CT molecular complexity index is 370. The minimum atomic E-state index is -0.0315. The average molecular weight is 267 g/mol. The lowest BCUT2D eigenvalue weighted by Crippen LogP contribution is -2.07. The second-order valence-corrected chi connectivity index (χ2v) is 4.47. The van der Waals surface area contributed by atoms with Crippen molar-refractivity contribution in [1.29, 1.82) is 0 Å². The molecule has 4 nitrogen and oxygen atoms in total. The van der Waals surface area contributed by atoms with Crippen LogP contribution in [0.3, 0.4) is 0 Å². The quantitative estimate of drug-likeness (QED) is 0.382. The molecule has 0 spiro atoms. The number of carbonyl (C=O) groups is 1. The van der Waals surface area contributed by atoms with Crippen molar-refractivity contribution < 1.29 is 14.6 Å². The predicted octanol–water partition coefficient (Wildman–Crippen LogP) is 3.22. The summed E-state index contributed by atoms with van der Waals surface area (Å²) in [5.74, 6) is 0.532. The second kappa shape index (κ2) is 9.39. The summed E-state index contributed by atoms with van der Waals surface area (Å²) in [6.07, 6.45) is 5.50. The Morgan fingerprint density at radius 3 is 2.58 bits per heavy atom. The Hall–Kier alpha value is -1.55. The number of ketones is 1. The number of rotatable bonds is 9. The fourth-order valence-electron chi connectivity index (χ4n) is 1.52. The van der Waals surface area contributed by atoms with E-state index in [4.69, 9.17) is 10.5 Å². The van der Waals surface area contributed by atoms with Crippen molar-refractivity contribution in [2.75, 3.05) is 6.73 Å². The molecule has 0 rings (SSSR count). The molecule has 0 aromatic rings. The van der Waals surface area contributed by atoms with Crippen LogP contribution in [-0.2, 0) is 9.53 Å². The van der Waals surface area contributed by atoms with Crippen molar-refractivity contribution in [3.05, 3.63) is 35.8 Å². The highest BCUT2D eigenvalue weighted by Gasteiger charge is 2.09. The van der Waals surface area contributed by atoms with E-state index >= 15 is 0 Å². The number of allylic oxidation sites excluding steroid dienone is 3. The van der Waals surface area contributed by atoms with Gasteiger partial charge in [0.15, 0.2) is 11.5 Å². The number of hydrogen-bond acceptors (Lipinski definition) is 4. The van der Waals surface area contributed by atoms with Gasteiger partial charge in [-0.3, -0.25) is 10.5 Å². The second-order valence-electron chi connectivity index (χ2n) is 4.47. The molecule has 0 amide bonds. The molecular weight excluding hydrogens is 242 g/mol. The summed E-state index contributed by atoms with van der Waals surface area (Å²) in [6.45, 7) is 9.03. The Morgan fingerprint density at radius 2 is 2.16 bits per heavy atom. The van der Waals surface area contributed by atoms with Crippen LogP contribution in [0.2, 0.25) is 0 Å². The molecule has 108 valence electrons. The molecule has 0 radical (unpaired) electrons. The lowest BCUT2D eigenvalue weighted by atomic mass is 9.96. The number of aliphatic hydroxyl groups is 1. The Labute approximate surface area is 115 Å². The molecule has 3 N–H and O–H groups in total. The minimum Gasteiger partial charge on any atom is -0.504 e. The van der Waals surface area contributed by atoms with Gasteiger partial charge in [0.25, 0.3) is 0 Å². The summed E-state index contributed by atoms with van der Waals surface area (Å²) in [5, 5.41) is 9.64. The van der Waals surface area contributed by atoms with Gasteiger partial charge < -0.3 is 9.84 Å². The third-order valence-electron chi connectivity index (χ3n) is 3.07. The first-order valence-corrected chi connectivity index (χ1v) is 6.54. The van der Waals surface area contributed by atoms with Crippen LogP contribution in [0, 0.1) is 5.92 Å². The van der Waals surface area contributed by atoms with Crippen molar-refractivity contribution in [2.45, 2.75) is 40.0 Å². The highest BCUT2D eigenvalue weighted by atomic mass is 16.5. The van der Waals surface area contributed by atoms with Gasteiger partial charge in [0, 0.05) is 5.92 Å². The van der Waals surface area contributed by atoms with Gasteiger partial charge >= 0.3 is 0 Å². The molecular formula is C15H25NO3. The molecule has 0 aliphatic heterocycles. The molecule has 0 aromatic carbocycles. The zero-order chi connectivity index (χ0) is 14.8. The van der Waals surface area contributed by atoms with E-state index in [-0.39, 0.29) is 24.2 Å². The van der Waals surface area contributed by atoms with Gasteiger partial charge in [-0.1, -0.05) is 26.0 Å². The van der Waals surface area contributed by atoms with Crippen LogP contribution in [0.5, 0.6) is 0 Å². The fraction of sp³-hybridized carbons (Fsp3) is 0.533. The lowest BCUT2D eigenvalue weighted by Gasteiger charge is -2.11. The molecule has 0 saturated heterocycles. The van der Waals surface area contributed by atoms with Gasteiger partial charge in [0.1, 0.15) is 12.5 Å². The SMILES string of the molecule is C=C/C(O)=C(\C=C(/CC)CCC(C)C(C)=O)OCN. The molecule has 4 heteroatoms. The number of ether oxygens (including phenoxy) is 1. The third kappa shape index (κ3) is 6.82. The maximum atomic E-state index is 11.2. The first-order valence-electron chi connectivity index (χ1n) is 6.54. The number of carbonyl (C=O) groups excluding carboxylic acids is 1. The summed E-state index contributed by atoms with van der Waals surface area (Å²) in [6, 6.07) is 0. The molecule has 0 aromatic heterocycles. The highest BCUT2D eigenvalue weighted by molar-refractivity contribution is 5.77. The number of hydrogen-bond donors (Lipinski definition) is 2. The predicted molar refractivity (Wildman–Crippen MR) is 77.4 cm³/mol. The largest absolute Gasteiger partial charge is 0.504 e. The summed E-state index contributed by atoms with van der Waals surface area (Å²) < 4.78 is 5.17. The molecule has 1 unspecified atom stereocenters. The van der Waals surface area contributed by atoms with E-state index in [1.165, 1.54) is 6.08 Å². The van der Waals surface area contributed by atoms with Crippen molar-refractivity contribution in [3.63, 3.8) is 0 Å². The van der Waals surface area contributed by atoms with E-state index in [2.05, 4.69) is 6.58 Å². The Balaban J connectivity index is 4.85. The van der Waals surface area contributed by atoms with Crippen LogP contribution >= 0.6 is 0 Å². The van der Waals surface area contributed by atoms with Gasteiger partial charge in [0.2, 0.25) is 0 Å². The fourth-order valence-corrected chi connectivity index (χ4v) is 1.52. The van der Waals surface area contributed by atoms with Crippen LogP contribution in [-0.4, -0.2) is 17.6 Å². The van der Waals surface area contributed by atoms with Gasteiger partial charge in [-0.15, -0.1) is 0 Å². The van der Waals surface area contributed by atoms with Crippen LogP contribution < -0.4 is 5.73 Å².